The fourth-order valence-electron chi connectivity index (χ4n) is 5.60. The van der Waals surface area contributed by atoms with Gasteiger partial charge in [0.05, 0.1) is 0 Å². The van der Waals surface area contributed by atoms with Crippen molar-refractivity contribution in [3.05, 3.63) is 94.5 Å². The lowest BCUT2D eigenvalue weighted by molar-refractivity contribution is -0.145. The van der Waals surface area contributed by atoms with Crippen LogP contribution in [0.2, 0.25) is 5.02 Å². The maximum atomic E-state index is 11.9. The standard InChI is InChI=1S/C33H39ClN2O4/c1-33(2,3)24-8-14-27(15-9-24)40-30(32(37)38)18-22-6-12-26(13-7-22)39-17-16-35-31-28-20-36(21-29(28)31)19-23-4-10-25(34)11-5-23/h4-15,28-31,35H,16-21H2,1-3H3,(H,37,38)/t28-,29?,30-,31+/m0/s1. The van der Waals surface area contributed by atoms with Crippen molar-refractivity contribution in [2.24, 2.45) is 11.8 Å². The molecule has 1 aliphatic heterocycles. The van der Waals surface area contributed by atoms with E-state index in [9.17, 15) is 9.90 Å². The van der Waals surface area contributed by atoms with Crippen molar-refractivity contribution in [3.63, 3.8) is 0 Å². The summed E-state index contributed by atoms with van der Waals surface area (Å²) in [5.74, 6) is 1.81. The summed E-state index contributed by atoms with van der Waals surface area (Å²) in [4.78, 5) is 14.4. The van der Waals surface area contributed by atoms with Crippen molar-refractivity contribution < 1.29 is 19.4 Å². The molecule has 1 unspecified atom stereocenters. The first-order valence-electron chi connectivity index (χ1n) is 14.1. The Balaban J connectivity index is 1.01. The molecule has 7 heteroatoms. The minimum Gasteiger partial charge on any atom is -0.492 e. The monoisotopic (exact) mass is 562 g/mol. The molecule has 1 aliphatic carbocycles. The molecule has 0 radical (unpaired) electrons. The summed E-state index contributed by atoms with van der Waals surface area (Å²) in [6, 6.07) is 24.0. The summed E-state index contributed by atoms with van der Waals surface area (Å²) < 4.78 is 11.7. The van der Waals surface area contributed by atoms with Crippen LogP contribution in [0.25, 0.3) is 0 Å². The number of likely N-dealkylation sites (tertiary alicyclic amines) is 1. The maximum Gasteiger partial charge on any atom is 0.345 e. The van der Waals surface area contributed by atoms with Crippen LogP contribution in [0.5, 0.6) is 11.5 Å². The number of carboxylic acid groups (broad SMARTS) is 1. The van der Waals surface area contributed by atoms with Gasteiger partial charge in [0.25, 0.3) is 0 Å². The van der Waals surface area contributed by atoms with E-state index in [1.165, 1.54) is 11.1 Å². The van der Waals surface area contributed by atoms with Gasteiger partial charge >= 0.3 is 5.97 Å². The van der Waals surface area contributed by atoms with Crippen LogP contribution in [0.3, 0.4) is 0 Å². The Morgan fingerprint density at radius 3 is 2.15 bits per heavy atom. The van der Waals surface area contributed by atoms with Crippen molar-refractivity contribution in [2.45, 2.75) is 51.3 Å². The lowest BCUT2D eigenvalue weighted by Gasteiger charge is -2.20. The minimum absolute atomic E-state index is 0.0302. The molecule has 4 atom stereocenters. The molecule has 1 saturated carbocycles. The number of carboxylic acids is 1. The average molecular weight is 563 g/mol. The van der Waals surface area contributed by atoms with Crippen molar-refractivity contribution in [1.29, 1.82) is 0 Å². The third-order valence-corrected chi connectivity index (χ3v) is 8.21. The third kappa shape index (κ3) is 7.36. The van der Waals surface area contributed by atoms with E-state index in [1.54, 1.807) is 0 Å². The minimum atomic E-state index is -0.982. The quantitative estimate of drug-likeness (QED) is 0.271. The summed E-state index contributed by atoms with van der Waals surface area (Å²) in [7, 11) is 0. The van der Waals surface area contributed by atoms with Crippen LogP contribution in [0.4, 0.5) is 0 Å². The van der Waals surface area contributed by atoms with E-state index in [2.05, 4.69) is 43.1 Å². The van der Waals surface area contributed by atoms with E-state index in [-0.39, 0.29) is 11.8 Å². The number of carbonyl (C=O) groups is 1. The molecule has 5 rings (SSSR count). The van der Waals surface area contributed by atoms with Gasteiger partial charge in [-0.2, -0.15) is 0 Å². The highest BCUT2D eigenvalue weighted by Gasteiger charge is 2.55. The highest BCUT2D eigenvalue weighted by Crippen LogP contribution is 2.45. The van der Waals surface area contributed by atoms with E-state index >= 15 is 0 Å². The largest absolute Gasteiger partial charge is 0.492 e. The lowest BCUT2D eigenvalue weighted by Crippen LogP contribution is -2.33. The fourth-order valence-corrected chi connectivity index (χ4v) is 5.73. The van der Waals surface area contributed by atoms with Crippen molar-refractivity contribution >= 4 is 17.6 Å². The number of nitrogens with one attached hydrogen (secondary N) is 1. The second-order valence-corrected chi connectivity index (χ2v) is 12.5. The second kappa shape index (κ2) is 12.2. The van der Waals surface area contributed by atoms with Crippen LogP contribution in [-0.4, -0.2) is 54.4 Å². The molecule has 2 aliphatic rings. The maximum absolute atomic E-state index is 11.9. The first-order valence-corrected chi connectivity index (χ1v) is 14.5. The molecule has 40 heavy (non-hydrogen) atoms. The molecule has 1 heterocycles. The molecule has 3 aromatic rings. The molecular weight excluding hydrogens is 524 g/mol. The van der Waals surface area contributed by atoms with Crippen LogP contribution >= 0.6 is 11.6 Å². The topological polar surface area (TPSA) is 71.0 Å². The Morgan fingerprint density at radius 2 is 1.55 bits per heavy atom. The smallest absolute Gasteiger partial charge is 0.345 e. The number of halogens is 1. The van der Waals surface area contributed by atoms with Gasteiger partial charge in [0, 0.05) is 43.7 Å². The zero-order valence-corrected chi connectivity index (χ0v) is 24.2. The molecule has 6 nitrogen and oxygen atoms in total. The highest BCUT2D eigenvalue weighted by molar-refractivity contribution is 6.30. The van der Waals surface area contributed by atoms with Crippen molar-refractivity contribution in [1.82, 2.24) is 10.2 Å². The number of hydrogen-bond donors (Lipinski definition) is 2. The van der Waals surface area contributed by atoms with E-state index in [4.69, 9.17) is 21.1 Å². The summed E-state index contributed by atoms with van der Waals surface area (Å²) in [5.41, 5.74) is 3.40. The lowest BCUT2D eigenvalue weighted by atomic mass is 9.87. The highest BCUT2D eigenvalue weighted by atomic mass is 35.5. The molecule has 2 fully saturated rings. The second-order valence-electron chi connectivity index (χ2n) is 12.0. The number of ether oxygens (including phenoxy) is 2. The molecule has 212 valence electrons. The number of fused-ring (bicyclic) bond motifs is 1. The molecule has 2 N–H and O–H groups in total. The summed E-state index contributed by atoms with van der Waals surface area (Å²) in [6.07, 6.45) is -0.686. The Kier molecular flexibility index (Phi) is 8.69. The van der Waals surface area contributed by atoms with Gasteiger partial charge in [-0.25, -0.2) is 4.79 Å². The molecule has 0 spiro atoms. The molecule has 3 aromatic carbocycles. The number of benzene rings is 3. The zero-order valence-electron chi connectivity index (χ0n) is 23.5. The van der Waals surface area contributed by atoms with Gasteiger partial charge in [-0.15, -0.1) is 0 Å². The SMILES string of the molecule is CC(C)(C)c1ccc(O[C@@H](Cc2ccc(OCCN[C@H]3C4CN(Cc5ccc(Cl)cc5)C[C@@H]43)cc2)C(=O)O)cc1. The van der Waals surface area contributed by atoms with Crippen molar-refractivity contribution in [3.8, 4) is 11.5 Å². The van der Waals surface area contributed by atoms with E-state index in [1.807, 2.05) is 60.7 Å². The normalized spacial score (nSPS) is 21.1. The van der Waals surface area contributed by atoms with E-state index in [0.29, 0.717) is 18.4 Å². The van der Waals surface area contributed by atoms with E-state index < -0.39 is 12.1 Å². The average Bonchev–Trinajstić information content (AvgIpc) is 3.37. The Hall–Kier alpha value is -3.06. The number of hydrogen-bond acceptors (Lipinski definition) is 5. The van der Waals surface area contributed by atoms with Crippen LogP contribution in [0.15, 0.2) is 72.8 Å². The zero-order chi connectivity index (χ0) is 28.3. The predicted octanol–water partition coefficient (Wildman–Crippen LogP) is 5.81. The van der Waals surface area contributed by atoms with Gasteiger partial charge < -0.3 is 19.9 Å². The molecule has 0 amide bonds. The Morgan fingerprint density at radius 1 is 0.950 bits per heavy atom. The molecule has 1 saturated heterocycles. The van der Waals surface area contributed by atoms with Gasteiger partial charge in [-0.1, -0.05) is 68.8 Å². The Bertz CT molecular complexity index is 1260. The van der Waals surface area contributed by atoms with Crippen LogP contribution in [0, 0.1) is 11.8 Å². The summed E-state index contributed by atoms with van der Waals surface area (Å²) in [5, 5.41) is 14.2. The number of rotatable bonds is 12. The van der Waals surface area contributed by atoms with Gasteiger partial charge in [0.15, 0.2) is 6.10 Å². The van der Waals surface area contributed by atoms with E-state index in [0.717, 1.165) is 54.4 Å². The van der Waals surface area contributed by atoms with Crippen LogP contribution < -0.4 is 14.8 Å². The molecule has 0 bridgehead atoms. The van der Waals surface area contributed by atoms with Crippen molar-refractivity contribution in [2.75, 3.05) is 26.2 Å². The number of piperidine rings is 1. The number of nitrogens with zero attached hydrogens (tertiary/aromatic N) is 1. The molecular formula is C33H39ClN2O4. The van der Waals surface area contributed by atoms with Gasteiger partial charge in [0.1, 0.15) is 18.1 Å². The Labute approximate surface area is 242 Å². The van der Waals surface area contributed by atoms with Gasteiger partial charge in [-0.05, 0) is 70.3 Å². The van der Waals surface area contributed by atoms with Crippen LogP contribution in [0.1, 0.15) is 37.5 Å². The number of aliphatic carboxylic acids is 1. The van der Waals surface area contributed by atoms with Gasteiger partial charge in [-0.3, -0.25) is 4.90 Å². The van der Waals surface area contributed by atoms with Crippen LogP contribution in [-0.2, 0) is 23.2 Å². The van der Waals surface area contributed by atoms with Gasteiger partial charge in [0.2, 0.25) is 0 Å². The summed E-state index contributed by atoms with van der Waals surface area (Å²) in [6.45, 7) is 11.1. The first kappa shape index (κ1) is 28.5. The third-order valence-electron chi connectivity index (χ3n) is 7.96. The predicted molar refractivity (Wildman–Crippen MR) is 158 cm³/mol. The summed E-state index contributed by atoms with van der Waals surface area (Å²) >= 11 is 5.99. The first-order chi connectivity index (χ1) is 19.2. The fraction of sp³-hybridized carbons (Fsp3) is 0.424. The molecule has 0 aromatic heterocycles.